The second kappa shape index (κ2) is 8.94. The first-order valence-electron chi connectivity index (χ1n) is 11.1. The molecule has 2 aromatic heterocycles. The van der Waals surface area contributed by atoms with E-state index in [9.17, 15) is 17.2 Å². The summed E-state index contributed by atoms with van der Waals surface area (Å²) in [5.74, 6) is 0.323. The maximum absolute atomic E-state index is 14.3. The first kappa shape index (κ1) is 22.1. The summed E-state index contributed by atoms with van der Waals surface area (Å²) in [5, 5.41) is 3.00. The molecule has 1 N–H and O–H groups in total. The summed E-state index contributed by atoms with van der Waals surface area (Å²) in [7, 11) is -2.93. The molecule has 3 aromatic rings. The minimum Gasteiger partial charge on any atom is -0.381 e. The van der Waals surface area contributed by atoms with Gasteiger partial charge in [-0.25, -0.2) is 32.2 Å². The van der Waals surface area contributed by atoms with Crippen LogP contribution in [0.3, 0.4) is 0 Å². The van der Waals surface area contributed by atoms with E-state index in [4.69, 9.17) is 9.72 Å². The van der Waals surface area contributed by atoms with Crippen LogP contribution in [0.25, 0.3) is 11.2 Å². The lowest BCUT2D eigenvalue weighted by atomic mass is 9.98. The highest BCUT2D eigenvalue weighted by Crippen LogP contribution is 2.32. The molecular weight excluding hydrogens is 452 g/mol. The van der Waals surface area contributed by atoms with E-state index in [0.29, 0.717) is 55.4 Å². The lowest BCUT2D eigenvalue weighted by molar-refractivity contribution is 0.0710. The summed E-state index contributed by atoms with van der Waals surface area (Å²) in [5.41, 5.74) is 1.33. The van der Waals surface area contributed by atoms with Crippen molar-refractivity contribution in [3.8, 4) is 0 Å². The summed E-state index contributed by atoms with van der Waals surface area (Å²) in [4.78, 5) is 13.8. The number of fused-ring (bicyclic) bond motifs is 1. The monoisotopic (exact) mass is 477 g/mol. The molecule has 0 bridgehead atoms. The van der Waals surface area contributed by atoms with Crippen LogP contribution < -0.4 is 5.32 Å². The van der Waals surface area contributed by atoms with Crippen molar-refractivity contribution in [2.24, 2.45) is 5.92 Å². The van der Waals surface area contributed by atoms with Crippen molar-refractivity contribution >= 4 is 32.6 Å². The van der Waals surface area contributed by atoms with Crippen molar-refractivity contribution < 1.29 is 21.9 Å². The van der Waals surface area contributed by atoms with Gasteiger partial charge in [0, 0.05) is 31.7 Å². The molecule has 0 saturated carbocycles. The third-order valence-electron chi connectivity index (χ3n) is 6.36. The minimum absolute atomic E-state index is 0.0531. The number of aromatic nitrogens is 4. The standard InChI is InChI=1S/C22H25F2N5O3S/c23-15-1-2-18(17(24)12-15)26-22-27-19-13-25-20(11-14-5-9-33(30,31)10-6-14)28-21(19)29(22)16-3-7-32-8-4-16/h1-2,12-14,16H,3-11H2,(H,26,27). The lowest BCUT2D eigenvalue weighted by Crippen LogP contribution is -2.25. The number of nitrogens with zero attached hydrogens (tertiary/aromatic N) is 4. The Balaban J connectivity index is 1.49. The van der Waals surface area contributed by atoms with Gasteiger partial charge in [-0.1, -0.05) is 0 Å². The van der Waals surface area contributed by atoms with Gasteiger partial charge >= 0.3 is 0 Å². The lowest BCUT2D eigenvalue weighted by Gasteiger charge is -2.25. The van der Waals surface area contributed by atoms with Crippen LogP contribution in [-0.4, -0.2) is 52.7 Å². The Kier molecular flexibility index (Phi) is 6.00. The maximum Gasteiger partial charge on any atom is 0.210 e. The number of hydrogen-bond donors (Lipinski definition) is 1. The number of nitrogens with one attached hydrogen (secondary N) is 1. The Hall–Kier alpha value is -2.66. The minimum atomic E-state index is -2.93. The summed E-state index contributed by atoms with van der Waals surface area (Å²) >= 11 is 0. The highest BCUT2D eigenvalue weighted by atomic mass is 32.2. The third kappa shape index (κ3) is 4.84. The number of imidazole rings is 1. The van der Waals surface area contributed by atoms with E-state index >= 15 is 0 Å². The summed E-state index contributed by atoms with van der Waals surface area (Å²) < 4.78 is 58.6. The Bertz CT molecular complexity index is 1260. The van der Waals surface area contributed by atoms with Gasteiger partial charge in [-0.3, -0.25) is 4.57 Å². The first-order chi connectivity index (χ1) is 15.9. The average Bonchev–Trinajstić information content (AvgIpc) is 3.15. The van der Waals surface area contributed by atoms with E-state index in [0.717, 1.165) is 18.9 Å². The molecule has 2 fully saturated rings. The Morgan fingerprint density at radius 3 is 2.58 bits per heavy atom. The predicted octanol–water partition coefficient (Wildman–Crippen LogP) is 3.57. The van der Waals surface area contributed by atoms with Gasteiger partial charge in [-0.15, -0.1) is 0 Å². The number of rotatable bonds is 5. The van der Waals surface area contributed by atoms with E-state index in [1.54, 1.807) is 6.20 Å². The van der Waals surface area contributed by atoms with Crippen molar-refractivity contribution in [1.29, 1.82) is 0 Å². The topological polar surface area (TPSA) is 99.0 Å². The SMILES string of the molecule is O=S1(=O)CCC(Cc2ncc3nc(Nc4ccc(F)cc4F)n(C4CCOCC4)c3n2)CC1. The molecule has 0 amide bonds. The molecule has 0 spiro atoms. The number of ether oxygens (including phenoxy) is 1. The van der Waals surface area contributed by atoms with Crippen molar-refractivity contribution in [3.63, 3.8) is 0 Å². The van der Waals surface area contributed by atoms with Gasteiger partial charge in [-0.05, 0) is 43.7 Å². The number of hydrogen-bond acceptors (Lipinski definition) is 7. The van der Waals surface area contributed by atoms with Gasteiger partial charge in [0.05, 0.1) is 23.4 Å². The zero-order valence-electron chi connectivity index (χ0n) is 18.0. The van der Waals surface area contributed by atoms with Crippen LogP contribution in [0, 0.1) is 17.6 Å². The van der Waals surface area contributed by atoms with Gasteiger partial charge in [0.2, 0.25) is 5.95 Å². The van der Waals surface area contributed by atoms with Crippen LogP contribution in [0.2, 0.25) is 0 Å². The van der Waals surface area contributed by atoms with Crippen LogP contribution in [-0.2, 0) is 21.0 Å². The van der Waals surface area contributed by atoms with Crippen molar-refractivity contribution in [1.82, 2.24) is 19.5 Å². The van der Waals surface area contributed by atoms with Crippen LogP contribution in [0.1, 0.15) is 37.5 Å². The molecular formula is C22H25F2N5O3S. The Labute approximate surface area is 190 Å². The molecule has 0 aliphatic carbocycles. The number of halogens is 2. The Morgan fingerprint density at radius 2 is 1.85 bits per heavy atom. The van der Waals surface area contributed by atoms with Gasteiger partial charge in [0.25, 0.3) is 0 Å². The second-order valence-electron chi connectivity index (χ2n) is 8.69. The van der Waals surface area contributed by atoms with Gasteiger partial charge in [-0.2, -0.15) is 0 Å². The average molecular weight is 478 g/mol. The molecule has 2 saturated heterocycles. The summed E-state index contributed by atoms with van der Waals surface area (Å²) in [6.07, 6.45) is 4.98. The zero-order chi connectivity index (χ0) is 23.0. The molecule has 0 atom stereocenters. The third-order valence-corrected chi connectivity index (χ3v) is 8.08. The molecule has 2 aliphatic heterocycles. The zero-order valence-corrected chi connectivity index (χ0v) is 18.8. The Morgan fingerprint density at radius 1 is 1.09 bits per heavy atom. The fourth-order valence-electron chi connectivity index (χ4n) is 4.51. The number of sulfone groups is 1. The molecule has 33 heavy (non-hydrogen) atoms. The van der Waals surface area contributed by atoms with Gasteiger partial charge in [0.15, 0.2) is 5.65 Å². The molecule has 4 heterocycles. The fraction of sp³-hybridized carbons (Fsp3) is 0.500. The quantitative estimate of drug-likeness (QED) is 0.600. The highest BCUT2D eigenvalue weighted by molar-refractivity contribution is 7.91. The van der Waals surface area contributed by atoms with Gasteiger partial charge in [0.1, 0.15) is 32.8 Å². The smallest absolute Gasteiger partial charge is 0.210 e. The summed E-state index contributed by atoms with van der Waals surface area (Å²) in [6.45, 7) is 1.20. The van der Waals surface area contributed by atoms with E-state index in [-0.39, 0.29) is 29.2 Å². The normalized spacial score (nSPS) is 19.7. The van der Waals surface area contributed by atoms with Crippen LogP contribution in [0.15, 0.2) is 24.4 Å². The van der Waals surface area contributed by atoms with Crippen molar-refractivity contribution in [3.05, 3.63) is 41.9 Å². The maximum atomic E-state index is 14.3. The van der Waals surface area contributed by atoms with E-state index in [1.165, 1.54) is 12.1 Å². The largest absolute Gasteiger partial charge is 0.381 e. The number of anilines is 2. The van der Waals surface area contributed by atoms with Crippen LogP contribution in [0.5, 0.6) is 0 Å². The molecule has 0 radical (unpaired) electrons. The molecule has 0 unspecified atom stereocenters. The molecule has 5 rings (SSSR count). The summed E-state index contributed by atoms with van der Waals surface area (Å²) in [6, 6.07) is 3.41. The fourth-order valence-corrected chi connectivity index (χ4v) is 6.10. The predicted molar refractivity (Wildman–Crippen MR) is 119 cm³/mol. The molecule has 8 nitrogen and oxygen atoms in total. The second-order valence-corrected chi connectivity index (χ2v) is 11.0. The highest BCUT2D eigenvalue weighted by Gasteiger charge is 2.26. The van der Waals surface area contributed by atoms with E-state index in [1.807, 2.05) is 4.57 Å². The molecule has 11 heteroatoms. The number of benzene rings is 1. The van der Waals surface area contributed by atoms with Gasteiger partial charge < -0.3 is 10.1 Å². The molecule has 2 aliphatic rings. The molecule has 176 valence electrons. The molecule has 1 aromatic carbocycles. The van der Waals surface area contributed by atoms with E-state index in [2.05, 4.69) is 15.3 Å². The van der Waals surface area contributed by atoms with Crippen molar-refractivity contribution in [2.75, 3.05) is 30.0 Å². The van der Waals surface area contributed by atoms with Crippen LogP contribution >= 0.6 is 0 Å². The first-order valence-corrected chi connectivity index (χ1v) is 12.9. The van der Waals surface area contributed by atoms with Crippen LogP contribution in [0.4, 0.5) is 20.4 Å². The van der Waals surface area contributed by atoms with Crippen molar-refractivity contribution in [2.45, 2.75) is 38.1 Å². The van der Waals surface area contributed by atoms with E-state index < -0.39 is 21.5 Å².